The summed E-state index contributed by atoms with van der Waals surface area (Å²) < 4.78 is 34.3. The second-order valence-corrected chi connectivity index (χ2v) is 9.87. The molecule has 30 heavy (non-hydrogen) atoms. The molecule has 2 heterocycles. The lowest BCUT2D eigenvalue weighted by Crippen LogP contribution is -2.35. The van der Waals surface area contributed by atoms with Crippen LogP contribution >= 0.6 is 0 Å². The summed E-state index contributed by atoms with van der Waals surface area (Å²) in [7, 11) is -2.04. The summed E-state index contributed by atoms with van der Waals surface area (Å²) >= 11 is 0. The number of ether oxygens (including phenoxy) is 1. The number of hydrogen-bond acceptors (Lipinski definition) is 4. The Morgan fingerprint density at radius 1 is 1.00 bits per heavy atom. The fourth-order valence-electron chi connectivity index (χ4n) is 4.38. The first kappa shape index (κ1) is 20.9. The average Bonchev–Trinajstić information content (AvgIpc) is 3.11. The predicted molar refractivity (Wildman–Crippen MR) is 116 cm³/mol. The number of fused-ring (bicyclic) bond motifs is 1. The highest BCUT2D eigenvalue weighted by Gasteiger charge is 2.34. The number of carbonyl (C=O) groups excluding carboxylic acids is 1. The van der Waals surface area contributed by atoms with Crippen LogP contribution < -0.4 is 10.1 Å². The Hall–Kier alpha value is -2.38. The van der Waals surface area contributed by atoms with Gasteiger partial charge in [0.15, 0.2) is 0 Å². The van der Waals surface area contributed by atoms with Crippen LogP contribution in [0.5, 0.6) is 5.75 Å². The molecule has 1 fully saturated rings. The maximum absolute atomic E-state index is 13.7. The Morgan fingerprint density at radius 3 is 2.57 bits per heavy atom. The van der Waals surface area contributed by atoms with E-state index >= 15 is 0 Å². The molecule has 1 atom stereocenters. The summed E-state index contributed by atoms with van der Waals surface area (Å²) in [6.07, 6.45) is 5.55. The maximum Gasteiger partial charge on any atom is 0.243 e. The zero-order valence-electron chi connectivity index (χ0n) is 17.3. The molecule has 2 aromatic rings. The van der Waals surface area contributed by atoms with Gasteiger partial charge in [-0.3, -0.25) is 4.79 Å². The lowest BCUT2D eigenvalue weighted by Gasteiger charge is -2.30. The molecule has 0 bridgehead atoms. The van der Waals surface area contributed by atoms with Crippen LogP contribution in [0.4, 0.5) is 5.69 Å². The summed E-state index contributed by atoms with van der Waals surface area (Å²) in [5, 5.41) is 2.88. The first-order chi connectivity index (χ1) is 14.5. The van der Waals surface area contributed by atoms with E-state index in [1.807, 2.05) is 24.3 Å². The van der Waals surface area contributed by atoms with Crippen LogP contribution in [0, 0.1) is 0 Å². The summed E-state index contributed by atoms with van der Waals surface area (Å²) in [5.41, 5.74) is 2.60. The van der Waals surface area contributed by atoms with Gasteiger partial charge in [0.25, 0.3) is 0 Å². The Bertz CT molecular complexity index is 1020. The highest BCUT2D eigenvalue weighted by molar-refractivity contribution is 7.89. The van der Waals surface area contributed by atoms with Crippen molar-refractivity contribution in [1.29, 1.82) is 0 Å². The van der Waals surface area contributed by atoms with Gasteiger partial charge in [-0.1, -0.05) is 25.0 Å². The number of nitrogens with one attached hydrogen (secondary N) is 1. The third kappa shape index (κ3) is 4.23. The molecule has 0 spiro atoms. The van der Waals surface area contributed by atoms with Crippen molar-refractivity contribution in [3.05, 3.63) is 53.6 Å². The predicted octanol–water partition coefficient (Wildman–Crippen LogP) is 4.28. The number of nitrogens with zero attached hydrogens (tertiary/aromatic N) is 1. The van der Waals surface area contributed by atoms with Gasteiger partial charge >= 0.3 is 0 Å². The number of rotatable bonds is 4. The van der Waals surface area contributed by atoms with Crippen molar-refractivity contribution < 1.29 is 17.9 Å². The van der Waals surface area contributed by atoms with E-state index in [0.717, 1.165) is 54.7 Å². The van der Waals surface area contributed by atoms with Gasteiger partial charge in [0.05, 0.1) is 18.0 Å². The SMILES string of the molecule is COc1ccc([C@H]2CCCCCN2S(=O)(=O)c2ccc3c(c2)CCCC(=O)N3)cc1. The minimum atomic E-state index is -3.67. The van der Waals surface area contributed by atoms with Crippen molar-refractivity contribution in [3.8, 4) is 5.75 Å². The molecule has 0 aliphatic carbocycles. The van der Waals surface area contributed by atoms with Crippen molar-refractivity contribution in [1.82, 2.24) is 4.31 Å². The van der Waals surface area contributed by atoms with E-state index in [1.165, 1.54) is 0 Å². The van der Waals surface area contributed by atoms with Crippen LogP contribution in [-0.2, 0) is 21.2 Å². The van der Waals surface area contributed by atoms with Gasteiger partial charge in [-0.25, -0.2) is 8.42 Å². The van der Waals surface area contributed by atoms with E-state index in [9.17, 15) is 13.2 Å². The third-order valence-corrected chi connectivity index (χ3v) is 7.92. The van der Waals surface area contributed by atoms with Crippen molar-refractivity contribution in [2.75, 3.05) is 19.0 Å². The number of hydrogen-bond donors (Lipinski definition) is 1. The van der Waals surface area contributed by atoms with Gasteiger partial charge in [-0.15, -0.1) is 0 Å². The van der Waals surface area contributed by atoms with Crippen molar-refractivity contribution in [2.45, 2.75) is 55.9 Å². The number of sulfonamides is 1. The number of anilines is 1. The van der Waals surface area contributed by atoms with Gasteiger partial charge in [0.2, 0.25) is 15.9 Å². The van der Waals surface area contributed by atoms with Crippen LogP contribution in [0.3, 0.4) is 0 Å². The molecule has 1 saturated heterocycles. The van der Waals surface area contributed by atoms with E-state index < -0.39 is 10.0 Å². The number of amides is 1. The minimum Gasteiger partial charge on any atom is -0.497 e. The van der Waals surface area contributed by atoms with Gasteiger partial charge in [-0.2, -0.15) is 4.31 Å². The molecule has 7 heteroatoms. The molecule has 1 amide bonds. The minimum absolute atomic E-state index is 0.0172. The van der Waals surface area contributed by atoms with E-state index in [-0.39, 0.29) is 11.9 Å². The first-order valence-corrected chi connectivity index (χ1v) is 12.0. The number of carbonyl (C=O) groups is 1. The maximum atomic E-state index is 13.7. The highest BCUT2D eigenvalue weighted by Crippen LogP contribution is 2.36. The molecule has 2 aliphatic heterocycles. The van der Waals surface area contributed by atoms with Crippen LogP contribution in [0.15, 0.2) is 47.4 Å². The Balaban J connectivity index is 1.69. The Morgan fingerprint density at radius 2 is 1.80 bits per heavy atom. The van der Waals surface area contributed by atoms with Gasteiger partial charge in [0, 0.05) is 18.7 Å². The second-order valence-electron chi connectivity index (χ2n) is 7.97. The Labute approximate surface area is 178 Å². The molecule has 6 nitrogen and oxygen atoms in total. The molecular weight excluding hydrogens is 400 g/mol. The molecule has 0 aromatic heterocycles. The van der Waals surface area contributed by atoms with Crippen LogP contribution in [-0.4, -0.2) is 32.3 Å². The van der Waals surface area contributed by atoms with E-state index in [4.69, 9.17) is 4.74 Å². The van der Waals surface area contributed by atoms with E-state index in [0.29, 0.717) is 24.3 Å². The first-order valence-electron chi connectivity index (χ1n) is 10.6. The second kappa shape index (κ2) is 8.78. The fourth-order valence-corrected chi connectivity index (χ4v) is 6.11. The fraction of sp³-hybridized carbons (Fsp3) is 0.435. The smallest absolute Gasteiger partial charge is 0.243 e. The monoisotopic (exact) mass is 428 g/mol. The largest absolute Gasteiger partial charge is 0.497 e. The van der Waals surface area contributed by atoms with Gasteiger partial charge in [0.1, 0.15) is 5.75 Å². The molecule has 160 valence electrons. The summed E-state index contributed by atoms with van der Waals surface area (Å²) in [5.74, 6) is 0.742. The van der Waals surface area contributed by atoms with E-state index in [1.54, 1.807) is 29.6 Å². The lowest BCUT2D eigenvalue weighted by molar-refractivity contribution is -0.116. The molecule has 0 unspecified atom stereocenters. The summed E-state index contributed by atoms with van der Waals surface area (Å²) in [6, 6.07) is 12.6. The van der Waals surface area contributed by atoms with E-state index in [2.05, 4.69) is 5.32 Å². The van der Waals surface area contributed by atoms with Crippen LogP contribution in [0.25, 0.3) is 0 Å². The summed E-state index contributed by atoms with van der Waals surface area (Å²) in [4.78, 5) is 12.1. The molecular formula is C23H28N2O4S. The van der Waals surface area contributed by atoms with Crippen molar-refractivity contribution >= 4 is 21.6 Å². The normalized spacial score (nSPS) is 20.6. The van der Waals surface area contributed by atoms with Crippen molar-refractivity contribution in [3.63, 3.8) is 0 Å². The molecule has 2 aliphatic rings. The lowest BCUT2D eigenvalue weighted by atomic mass is 10.0. The topological polar surface area (TPSA) is 75.7 Å². The molecule has 0 saturated carbocycles. The van der Waals surface area contributed by atoms with Gasteiger partial charge in [-0.05, 0) is 67.1 Å². The quantitative estimate of drug-likeness (QED) is 0.789. The molecule has 4 rings (SSSR count). The highest BCUT2D eigenvalue weighted by atomic mass is 32.2. The number of aryl methyl sites for hydroxylation is 1. The van der Waals surface area contributed by atoms with Crippen molar-refractivity contribution in [2.24, 2.45) is 0 Å². The molecule has 1 N–H and O–H groups in total. The standard InChI is InChI=1S/C23H28N2O4S/c1-29-19-11-9-17(10-12-19)22-7-3-2-4-15-25(22)30(27,28)20-13-14-21-18(16-20)6-5-8-23(26)24-21/h9-14,16,22H,2-8,15H2,1H3,(H,24,26)/t22-/m1/s1. The van der Waals surface area contributed by atoms with Crippen LogP contribution in [0.1, 0.15) is 55.7 Å². The molecule has 2 aromatic carbocycles. The average molecular weight is 429 g/mol. The molecule has 0 radical (unpaired) electrons. The summed E-state index contributed by atoms with van der Waals surface area (Å²) in [6.45, 7) is 0.507. The Kier molecular flexibility index (Phi) is 6.11. The zero-order valence-corrected chi connectivity index (χ0v) is 18.1. The van der Waals surface area contributed by atoms with Gasteiger partial charge < -0.3 is 10.1 Å². The van der Waals surface area contributed by atoms with Crippen LogP contribution in [0.2, 0.25) is 0 Å². The number of benzene rings is 2. The zero-order chi connectivity index (χ0) is 21.1. The third-order valence-electron chi connectivity index (χ3n) is 6.01. The number of methoxy groups -OCH3 is 1.